The molecule has 3 N–H and O–H groups in total. The van der Waals surface area contributed by atoms with Crippen molar-refractivity contribution >= 4 is 11.7 Å². The lowest BCUT2D eigenvalue weighted by atomic mass is 10.2. The van der Waals surface area contributed by atoms with Crippen LogP contribution >= 0.6 is 0 Å². The maximum absolute atomic E-state index is 13.0. The summed E-state index contributed by atoms with van der Waals surface area (Å²) in [5, 5.41) is 8.86. The summed E-state index contributed by atoms with van der Waals surface area (Å²) in [6, 6.07) is 4.00. The van der Waals surface area contributed by atoms with Gasteiger partial charge in [-0.3, -0.25) is 0 Å². The second-order valence-corrected chi connectivity index (χ2v) is 3.59. The average molecular weight is 266 g/mol. The molecule has 0 aliphatic heterocycles. The second kappa shape index (κ2) is 4.89. The monoisotopic (exact) mass is 266 g/mol. The Balaban J connectivity index is 2.30. The maximum Gasteiger partial charge on any atom is 0.338 e. The number of carboxylic acids is 1. The molecule has 1 aromatic heterocycles. The number of nitrogen functional groups attached to an aromatic ring is 1. The van der Waals surface area contributed by atoms with Crippen molar-refractivity contribution in [1.82, 2.24) is 4.98 Å². The molecule has 5 nitrogen and oxygen atoms in total. The van der Waals surface area contributed by atoms with Gasteiger partial charge < -0.3 is 15.6 Å². The first-order valence-corrected chi connectivity index (χ1v) is 5.09. The van der Waals surface area contributed by atoms with E-state index in [1.54, 1.807) is 0 Å². The molecule has 0 atom stereocenters. The van der Waals surface area contributed by atoms with Crippen LogP contribution < -0.4 is 10.5 Å². The summed E-state index contributed by atoms with van der Waals surface area (Å²) in [5.74, 6) is -3.42. The van der Waals surface area contributed by atoms with Crippen LogP contribution in [0.15, 0.2) is 30.5 Å². The maximum atomic E-state index is 13.0. The molecule has 0 spiro atoms. The lowest BCUT2D eigenvalue weighted by Gasteiger charge is -2.07. The number of nitrogens with two attached hydrogens (primary N) is 1. The molecule has 0 saturated heterocycles. The van der Waals surface area contributed by atoms with Crippen LogP contribution in [0.1, 0.15) is 10.4 Å². The van der Waals surface area contributed by atoms with Crippen LogP contribution in [0.5, 0.6) is 11.6 Å². The Hall–Kier alpha value is -2.70. The van der Waals surface area contributed by atoms with Gasteiger partial charge in [0.05, 0.1) is 17.4 Å². The van der Waals surface area contributed by atoms with Crippen LogP contribution in [0.2, 0.25) is 0 Å². The van der Waals surface area contributed by atoms with Crippen molar-refractivity contribution in [2.24, 2.45) is 0 Å². The van der Waals surface area contributed by atoms with Gasteiger partial charge in [0.2, 0.25) is 5.88 Å². The molecule has 1 aromatic carbocycles. The topological polar surface area (TPSA) is 85.4 Å². The van der Waals surface area contributed by atoms with Crippen molar-refractivity contribution in [2.75, 3.05) is 5.73 Å². The Kier molecular flexibility index (Phi) is 3.28. The van der Waals surface area contributed by atoms with E-state index in [-0.39, 0.29) is 22.9 Å². The van der Waals surface area contributed by atoms with Gasteiger partial charge in [-0.05, 0) is 12.1 Å². The van der Waals surface area contributed by atoms with E-state index in [0.29, 0.717) is 0 Å². The molecule has 2 rings (SSSR count). The minimum absolute atomic E-state index is 0.00693. The molecule has 1 heterocycles. The smallest absolute Gasteiger partial charge is 0.338 e. The fourth-order valence-electron chi connectivity index (χ4n) is 1.35. The van der Waals surface area contributed by atoms with Gasteiger partial charge >= 0.3 is 5.97 Å². The van der Waals surface area contributed by atoms with E-state index in [1.807, 2.05) is 0 Å². The predicted octanol–water partition coefficient (Wildman–Crippen LogP) is 2.43. The highest BCUT2D eigenvalue weighted by Crippen LogP contribution is 2.24. The summed E-state index contributed by atoms with van der Waals surface area (Å²) in [6.45, 7) is 0. The lowest BCUT2D eigenvalue weighted by Crippen LogP contribution is -2.03. The van der Waals surface area contributed by atoms with Crippen LogP contribution in [0, 0.1) is 11.6 Å². The second-order valence-electron chi connectivity index (χ2n) is 3.59. The molecule has 2 aromatic rings. The standard InChI is InChI=1S/C12H8F2N2O3/c13-8-2-1-6(3-9(8)14)19-11-4-7(12(17)18)10(15)5-16-11/h1-5H,15H2,(H,17,18). The van der Waals surface area contributed by atoms with E-state index in [4.69, 9.17) is 15.6 Å². The third kappa shape index (κ3) is 2.76. The quantitative estimate of drug-likeness (QED) is 0.891. The Morgan fingerprint density at radius 2 is 2.00 bits per heavy atom. The molecule has 0 bridgehead atoms. The van der Waals surface area contributed by atoms with E-state index in [2.05, 4.69) is 4.98 Å². The van der Waals surface area contributed by atoms with Crippen LogP contribution in [-0.2, 0) is 0 Å². The molecule has 0 aliphatic rings. The number of anilines is 1. The lowest BCUT2D eigenvalue weighted by molar-refractivity contribution is 0.0697. The number of nitrogens with zero attached hydrogens (tertiary/aromatic N) is 1. The summed E-state index contributed by atoms with van der Waals surface area (Å²) in [5.41, 5.74) is 5.21. The third-order valence-corrected chi connectivity index (χ3v) is 2.25. The number of aromatic nitrogens is 1. The van der Waals surface area contributed by atoms with E-state index >= 15 is 0 Å². The SMILES string of the molecule is Nc1cnc(Oc2ccc(F)c(F)c2)cc1C(=O)O. The Morgan fingerprint density at radius 3 is 2.63 bits per heavy atom. The van der Waals surface area contributed by atoms with Gasteiger partial charge in [-0.15, -0.1) is 0 Å². The Labute approximate surface area is 106 Å². The minimum atomic E-state index is -1.24. The normalized spacial score (nSPS) is 10.2. The minimum Gasteiger partial charge on any atom is -0.478 e. The Bertz CT molecular complexity index is 647. The molecule has 0 radical (unpaired) electrons. The van der Waals surface area contributed by atoms with Gasteiger partial charge in [0.1, 0.15) is 5.75 Å². The van der Waals surface area contributed by atoms with Crippen LogP contribution in [0.3, 0.4) is 0 Å². The average Bonchev–Trinajstić information content (AvgIpc) is 2.36. The molecule has 98 valence electrons. The molecule has 0 fully saturated rings. The predicted molar refractivity (Wildman–Crippen MR) is 62.0 cm³/mol. The summed E-state index contributed by atoms with van der Waals surface area (Å²) >= 11 is 0. The highest BCUT2D eigenvalue weighted by Gasteiger charge is 2.11. The number of rotatable bonds is 3. The zero-order valence-electron chi connectivity index (χ0n) is 9.43. The summed E-state index contributed by atoms with van der Waals surface area (Å²) in [7, 11) is 0. The van der Waals surface area contributed by atoms with Crippen LogP contribution in [0.25, 0.3) is 0 Å². The number of halogens is 2. The number of hydrogen-bond donors (Lipinski definition) is 2. The van der Waals surface area contributed by atoms with Gasteiger partial charge in [-0.1, -0.05) is 0 Å². The van der Waals surface area contributed by atoms with E-state index in [0.717, 1.165) is 24.4 Å². The molecule has 0 aliphatic carbocycles. The van der Waals surface area contributed by atoms with Gasteiger partial charge in [0, 0.05) is 12.1 Å². The highest BCUT2D eigenvalue weighted by molar-refractivity contribution is 5.93. The highest BCUT2D eigenvalue weighted by atomic mass is 19.2. The van der Waals surface area contributed by atoms with E-state index < -0.39 is 17.6 Å². The molecule has 0 amide bonds. The summed E-state index contributed by atoms with van der Waals surface area (Å²) in [4.78, 5) is 14.6. The fraction of sp³-hybridized carbons (Fsp3) is 0. The number of carboxylic acid groups (broad SMARTS) is 1. The number of benzene rings is 1. The molecule has 19 heavy (non-hydrogen) atoms. The van der Waals surface area contributed by atoms with Crippen molar-refractivity contribution in [3.8, 4) is 11.6 Å². The number of hydrogen-bond acceptors (Lipinski definition) is 4. The molecule has 7 heteroatoms. The van der Waals surface area contributed by atoms with Gasteiger partial charge in [0.15, 0.2) is 11.6 Å². The van der Waals surface area contributed by atoms with Gasteiger partial charge in [-0.25, -0.2) is 18.6 Å². The zero-order valence-corrected chi connectivity index (χ0v) is 9.43. The molecular formula is C12H8F2N2O3. The third-order valence-electron chi connectivity index (χ3n) is 2.25. The van der Waals surface area contributed by atoms with Crippen molar-refractivity contribution in [1.29, 1.82) is 0 Å². The Morgan fingerprint density at radius 1 is 1.26 bits per heavy atom. The van der Waals surface area contributed by atoms with E-state index in [1.165, 1.54) is 6.07 Å². The van der Waals surface area contributed by atoms with Crippen molar-refractivity contribution in [3.05, 3.63) is 47.7 Å². The van der Waals surface area contributed by atoms with Crippen molar-refractivity contribution < 1.29 is 23.4 Å². The summed E-state index contributed by atoms with van der Waals surface area (Å²) in [6.07, 6.45) is 1.11. The first kappa shape index (κ1) is 12.7. The van der Waals surface area contributed by atoms with Crippen molar-refractivity contribution in [3.63, 3.8) is 0 Å². The number of pyridine rings is 1. The van der Waals surface area contributed by atoms with Crippen molar-refractivity contribution in [2.45, 2.75) is 0 Å². The van der Waals surface area contributed by atoms with Crippen LogP contribution in [0.4, 0.5) is 14.5 Å². The fourth-order valence-corrected chi connectivity index (χ4v) is 1.35. The number of ether oxygens (including phenoxy) is 1. The molecule has 0 saturated carbocycles. The first-order valence-electron chi connectivity index (χ1n) is 5.09. The van der Waals surface area contributed by atoms with Gasteiger partial charge in [0.25, 0.3) is 0 Å². The number of aromatic carboxylic acids is 1. The zero-order chi connectivity index (χ0) is 14.0. The van der Waals surface area contributed by atoms with Gasteiger partial charge in [-0.2, -0.15) is 0 Å². The summed E-state index contributed by atoms with van der Waals surface area (Å²) < 4.78 is 30.8. The molecule has 0 unspecified atom stereocenters. The number of carbonyl (C=O) groups is 1. The van der Waals surface area contributed by atoms with E-state index in [9.17, 15) is 13.6 Å². The first-order chi connectivity index (χ1) is 8.97. The molecular weight excluding hydrogens is 258 g/mol. The van der Waals surface area contributed by atoms with Crippen LogP contribution in [-0.4, -0.2) is 16.1 Å². The largest absolute Gasteiger partial charge is 0.478 e.